The molecule has 2 aliphatic rings. The van der Waals surface area contributed by atoms with E-state index in [2.05, 4.69) is 10.6 Å². The minimum atomic E-state index is -0.912. The summed E-state index contributed by atoms with van der Waals surface area (Å²) in [4.78, 5) is 38.2. The summed E-state index contributed by atoms with van der Waals surface area (Å²) in [7, 11) is 0. The van der Waals surface area contributed by atoms with Gasteiger partial charge in [-0.1, -0.05) is 0 Å². The molecule has 1 aliphatic carbocycles. The average Bonchev–Trinajstić information content (AvgIpc) is 2.95. The van der Waals surface area contributed by atoms with Crippen molar-refractivity contribution in [3.63, 3.8) is 0 Å². The number of hydrogen-bond donors (Lipinski definition) is 5. The molecule has 2 rings (SSSR count). The zero-order valence-corrected chi connectivity index (χ0v) is 15.5. The number of nitrogens with two attached hydrogens (primary N) is 2. The maximum atomic E-state index is 13.2. The van der Waals surface area contributed by atoms with E-state index in [1.54, 1.807) is 4.90 Å². The van der Waals surface area contributed by atoms with Crippen molar-refractivity contribution in [3.8, 4) is 0 Å². The molecular formula is C17H31N5O4. The van der Waals surface area contributed by atoms with Gasteiger partial charge in [0.1, 0.15) is 12.3 Å². The van der Waals surface area contributed by atoms with Crippen molar-refractivity contribution in [2.75, 3.05) is 6.54 Å². The molecule has 0 radical (unpaired) electrons. The van der Waals surface area contributed by atoms with Crippen LogP contribution in [0.25, 0.3) is 0 Å². The molecule has 9 heteroatoms. The van der Waals surface area contributed by atoms with Crippen molar-refractivity contribution in [2.24, 2.45) is 23.3 Å². The van der Waals surface area contributed by atoms with Gasteiger partial charge in [-0.25, -0.2) is 0 Å². The summed E-state index contributed by atoms with van der Waals surface area (Å²) in [5, 5.41) is 15.1. The highest BCUT2D eigenvalue weighted by Gasteiger charge is 2.46. The Hall–Kier alpha value is -1.71. The van der Waals surface area contributed by atoms with Crippen molar-refractivity contribution in [2.45, 2.75) is 70.4 Å². The lowest BCUT2D eigenvalue weighted by atomic mass is 9.90. The van der Waals surface area contributed by atoms with E-state index in [0.717, 1.165) is 19.3 Å². The van der Waals surface area contributed by atoms with Gasteiger partial charge < -0.3 is 26.8 Å². The summed E-state index contributed by atoms with van der Waals surface area (Å²) in [6, 6.07) is -1.03. The second-order valence-electron chi connectivity index (χ2n) is 7.52. The quantitative estimate of drug-likeness (QED) is 0.383. The zero-order valence-electron chi connectivity index (χ0n) is 15.5. The number of amides is 2. The van der Waals surface area contributed by atoms with Gasteiger partial charge in [0, 0.05) is 31.5 Å². The first-order valence-corrected chi connectivity index (χ1v) is 9.28. The lowest BCUT2D eigenvalue weighted by Crippen LogP contribution is -2.59. The number of carboxylic acid groups (broad SMARTS) is 1. The molecule has 1 aliphatic heterocycles. The number of aliphatic carboxylic acids is 1. The predicted octanol–water partition coefficient (Wildman–Crippen LogP) is -0.838. The largest absolute Gasteiger partial charge is 0.481 e. The van der Waals surface area contributed by atoms with Crippen LogP contribution in [0.3, 0.4) is 0 Å². The molecule has 0 aromatic rings. The lowest BCUT2D eigenvalue weighted by molar-refractivity contribution is -0.143. The molecule has 0 aromatic heterocycles. The van der Waals surface area contributed by atoms with Crippen LogP contribution >= 0.6 is 0 Å². The fourth-order valence-electron chi connectivity index (χ4n) is 4.25. The molecule has 26 heavy (non-hydrogen) atoms. The van der Waals surface area contributed by atoms with Crippen LogP contribution in [0.4, 0.5) is 0 Å². The highest BCUT2D eigenvalue weighted by atomic mass is 16.4. The molecule has 2 amide bonds. The Labute approximate surface area is 153 Å². The third-order valence-corrected chi connectivity index (χ3v) is 5.51. The van der Waals surface area contributed by atoms with Gasteiger partial charge >= 0.3 is 5.97 Å². The SMILES string of the molecule is CC(=O)NC(C(=O)N1CCCCC1C)C1CC(C(=O)O)CC1NC(N)N. The summed E-state index contributed by atoms with van der Waals surface area (Å²) in [5.41, 5.74) is 11.3. The van der Waals surface area contributed by atoms with E-state index in [-0.39, 0.29) is 29.8 Å². The fourth-order valence-corrected chi connectivity index (χ4v) is 4.25. The minimum Gasteiger partial charge on any atom is -0.481 e. The molecule has 0 spiro atoms. The van der Waals surface area contributed by atoms with E-state index in [1.807, 2.05) is 6.92 Å². The van der Waals surface area contributed by atoms with Gasteiger partial charge in [-0.05, 0) is 39.0 Å². The van der Waals surface area contributed by atoms with Gasteiger partial charge in [-0.15, -0.1) is 0 Å². The van der Waals surface area contributed by atoms with E-state index in [1.165, 1.54) is 6.92 Å². The van der Waals surface area contributed by atoms with Gasteiger partial charge in [-0.3, -0.25) is 19.7 Å². The van der Waals surface area contributed by atoms with Crippen LogP contribution in [-0.2, 0) is 14.4 Å². The Kier molecular flexibility index (Phi) is 6.96. The van der Waals surface area contributed by atoms with Crippen LogP contribution in [0.15, 0.2) is 0 Å². The third kappa shape index (κ3) is 4.93. The second-order valence-corrected chi connectivity index (χ2v) is 7.52. The summed E-state index contributed by atoms with van der Waals surface area (Å²) >= 11 is 0. The Morgan fingerprint density at radius 2 is 1.88 bits per heavy atom. The van der Waals surface area contributed by atoms with Crippen molar-refractivity contribution in [1.29, 1.82) is 0 Å². The Balaban J connectivity index is 2.25. The van der Waals surface area contributed by atoms with Crippen molar-refractivity contribution < 1.29 is 19.5 Å². The molecule has 148 valence electrons. The smallest absolute Gasteiger partial charge is 0.306 e. The van der Waals surface area contributed by atoms with Crippen LogP contribution in [0.5, 0.6) is 0 Å². The summed E-state index contributed by atoms with van der Waals surface area (Å²) < 4.78 is 0. The summed E-state index contributed by atoms with van der Waals surface area (Å²) in [6.45, 7) is 4.02. The van der Waals surface area contributed by atoms with Gasteiger partial charge in [0.2, 0.25) is 11.8 Å². The average molecular weight is 369 g/mol. The maximum Gasteiger partial charge on any atom is 0.306 e. The van der Waals surface area contributed by atoms with Crippen molar-refractivity contribution in [3.05, 3.63) is 0 Å². The number of hydrogen-bond acceptors (Lipinski definition) is 6. The van der Waals surface area contributed by atoms with Crippen LogP contribution in [-0.4, -0.2) is 58.8 Å². The molecular weight excluding hydrogens is 338 g/mol. The van der Waals surface area contributed by atoms with Gasteiger partial charge in [0.25, 0.3) is 0 Å². The number of nitrogens with one attached hydrogen (secondary N) is 2. The van der Waals surface area contributed by atoms with Crippen LogP contribution in [0, 0.1) is 11.8 Å². The molecule has 2 fully saturated rings. The van der Waals surface area contributed by atoms with Crippen LogP contribution in [0.2, 0.25) is 0 Å². The second kappa shape index (κ2) is 8.79. The molecule has 9 nitrogen and oxygen atoms in total. The summed E-state index contributed by atoms with van der Waals surface area (Å²) in [6.07, 6.45) is 2.73. The van der Waals surface area contributed by atoms with Gasteiger partial charge in [-0.2, -0.15) is 0 Å². The van der Waals surface area contributed by atoms with E-state index in [0.29, 0.717) is 19.4 Å². The van der Waals surface area contributed by atoms with Crippen LogP contribution < -0.4 is 22.1 Å². The van der Waals surface area contributed by atoms with E-state index < -0.39 is 24.2 Å². The highest BCUT2D eigenvalue weighted by molar-refractivity contribution is 5.87. The first-order chi connectivity index (χ1) is 12.2. The molecule has 1 saturated carbocycles. The number of carboxylic acids is 1. The van der Waals surface area contributed by atoms with Crippen LogP contribution in [0.1, 0.15) is 46.0 Å². The van der Waals surface area contributed by atoms with Crippen molar-refractivity contribution >= 4 is 17.8 Å². The number of likely N-dealkylation sites (tertiary alicyclic amines) is 1. The molecule has 0 bridgehead atoms. The van der Waals surface area contributed by atoms with Crippen molar-refractivity contribution in [1.82, 2.24) is 15.5 Å². The number of piperidine rings is 1. The first kappa shape index (κ1) is 20.6. The third-order valence-electron chi connectivity index (χ3n) is 5.51. The monoisotopic (exact) mass is 369 g/mol. The van der Waals surface area contributed by atoms with E-state index >= 15 is 0 Å². The number of rotatable bonds is 6. The molecule has 7 N–H and O–H groups in total. The number of carbonyl (C=O) groups is 3. The topological polar surface area (TPSA) is 151 Å². The number of nitrogens with zero attached hydrogens (tertiary/aromatic N) is 1. The molecule has 1 heterocycles. The standard InChI is InChI=1S/C17H31N5O4/c1-9-5-3-4-6-22(9)15(24)14(20-10(2)23)12-7-11(16(25)26)8-13(12)21-17(18)19/h9,11-14,17,21H,3-8,18-19H2,1-2H3,(H,20,23)(H,25,26). The Morgan fingerprint density at radius 3 is 2.42 bits per heavy atom. The Morgan fingerprint density at radius 1 is 1.19 bits per heavy atom. The molecule has 1 saturated heterocycles. The molecule has 5 atom stereocenters. The zero-order chi connectivity index (χ0) is 19.4. The minimum absolute atomic E-state index is 0.104. The number of carbonyl (C=O) groups excluding carboxylic acids is 2. The van der Waals surface area contributed by atoms with E-state index in [9.17, 15) is 19.5 Å². The normalized spacial score (nSPS) is 30.3. The van der Waals surface area contributed by atoms with E-state index in [4.69, 9.17) is 11.5 Å². The highest BCUT2D eigenvalue weighted by Crippen LogP contribution is 2.35. The van der Waals surface area contributed by atoms with Gasteiger partial charge in [0.05, 0.1) is 5.92 Å². The fraction of sp³-hybridized carbons (Fsp3) is 0.824. The molecule has 5 unspecified atom stereocenters. The summed E-state index contributed by atoms with van der Waals surface area (Å²) in [5.74, 6) is -2.36. The predicted molar refractivity (Wildman–Crippen MR) is 95.6 cm³/mol. The molecule has 0 aromatic carbocycles. The lowest BCUT2D eigenvalue weighted by Gasteiger charge is -2.38. The van der Waals surface area contributed by atoms with Gasteiger partial charge in [0.15, 0.2) is 0 Å². The maximum absolute atomic E-state index is 13.2. The first-order valence-electron chi connectivity index (χ1n) is 9.28. The Bertz CT molecular complexity index is 541.